The molecular weight excluding hydrogens is 518 g/mol. The van der Waals surface area contributed by atoms with Gasteiger partial charge in [0.15, 0.2) is 11.6 Å². The minimum Gasteiger partial charge on any atom is -0.377 e. The molecule has 2 aliphatic rings. The maximum absolute atomic E-state index is 14.3. The number of fused-ring (bicyclic) bond motifs is 1. The first-order valence-electron chi connectivity index (χ1n) is 12.9. The van der Waals surface area contributed by atoms with E-state index in [1.54, 1.807) is 43.3 Å². The standard InChI is InChI=1S/C29H30F2N6O3/c1-34(2)24-14-23(31)22(30)13-21(24)16-35-17-25-36(33-29(40)32-15-19-9-5-3-6-10-19)18-26(38)37(25)27(28(35)39)20-11-7-4-8-12-20/h3-14,25,27H,15-18H2,1-2H3,(H2,32,33,40)/t25-,27+/m1/s1. The van der Waals surface area contributed by atoms with Gasteiger partial charge in [-0.2, -0.15) is 5.01 Å². The molecule has 208 valence electrons. The topological polar surface area (TPSA) is 88.2 Å². The Balaban J connectivity index is 1.42. The van der Waals surface area contributed by atoms with Crippen LogP contribution in [-0.2, 0) is 22.7 Å². The van der Waals surface area contributed by atoms with Crippen LogP contribution in [0.4, 0.5) is 19.3 Å². The van der Waals surface area contributed by atoms with Crippen molar-refractivity contribution in [2.24, 2.45) is 0 Å². The molecule has 0 radical (unpaired) electrons. The summed E-state index contributed by atoms with van der Waals surface area (Å²) in [6.07, 6.45) is -0.675. The lowest BCUT2D eigenvalue weighted by atomic mass is 9.99. The van der Waals surface area contributed by atoms with Crippen LogP contribution in [0.2, 0.25) is 0 Å². The summed E-state index contributed by atoms with van der Waals surface area (Å²) >= 11 is 0. The molecule has 11 heteroatoms. The first-order valence-corrected chi connectivity index (χ1v) is 12.9. The maximum Gasteiger partial charge on any atom is 0.329 e. The van der Waals surface area contributed by atoms with Gasteiger partial charge in [-0.05, 0) is 22.8 Å². The molecule has 0 aromatic heterocycles. The first kappa shape index (κ1) is 27.1. The van der Waals surface area contributed by atoms with E-state index >= 15 is 0 Å². The molecule has 0 saturated carbocycles. The zero-order chi connectivity index (χ0) is 28.4. The van der Waals surface area contributed by atoms with Crippen LogP contribution in [-0.4, -0.2) is 66.0 Å². The summed E-state index contributed by atoms with van der Waals surface area (Å²) in [7, 11) is 3.41. The van der Waals surface area contributed by atoms with Crippen molar-refractivity contribution in [2.75, 3.05) is 32.1 Å². The van der Waals surface area contributed by atoms with E-state index < -0.39 is 29.9 Å². The molecule has 0 spiro atoms. The molecule has 4 amide bonds. The van der Waals surface area contributed by atoms with Crippen LogP contribution in [0.3, 0.4) is 0 Å². The number of nitrogens with zero attached hydrogens (tertiary/aromatic N) is 4. The smallest absolute Gasteiger partial charge is 0.329 e. The van der Waals surface area contributed by atoms with E-state index in [0.717, 1.165) is 17.7 Å². The maximum atomic E-state index is 14.3. The van der Waals surface area contributed by atoms with Gasteiger partial charge in [0.2, 0.25) is 5.91 Å². The van der Waals surface area contributed by atoms with Gasteiger partial charge in [0, 0.05) is 38.9 Å². The number of hydrogen-bond acceptors (Lipinski definition) is 5. The molecule has 0 unspecified atom stereocenters. The average molecular weight is 549 g/mol. The minimum atomic E-state index is -1.01. The van der Waals surface area contributed by atoms with Crippen molar-refractivity contribution in [1.29, 1.82) is 0 Å². The van der Waals surface area contributed by atoms with Crippen LogP contribution in [0.25, 0.3) is 0 Å². The van der Waals surface area contributed by atoms with E-state index in [2.05, 4.69) is 10.7 Å². The molecule has 2 N–H and O–H groups in total. The lowest BCUT2D eigenvalue weighted by molar-refractivity contribution is -0.155. The van der Waals surface area contributed by atoms with Gasteiger partial charge in [-0.25, -0.2) is 13.6 Å². The van der Waals surface area contributed by atoms with E-state index in [1.807, 2.05) is 36.4 Å². The van der Waals surface area contributed by atoms with Gasteiger partial charge in [-0.15, -0.1) is 0 Å². The van der Waals surface area contributed by atoms with Gasteiger partial charge in [-0.1, -0.05) is 60.7 Å². The third-order valence-corrected chi connectivity index (χ3v) is 7.10. The molecule has 5 rings (SSSR count). The SMILES string of the molecule is CN(C)c1cc(F)c(F)cc1CN1C[C@@H]2N(NC(=O)NCc3ccccc3)CC(=O)N2[C@@H](c2ccccc2)C1=O. The number of rotatable bonds is 7. The Labute approximate surface area is 230 Å². The molecule has 2 heterocycles. The quantitative estimate of drug-likeness (QED) is 0.474. The molecule has 40 heavy (non-hydrogen) atoms. The number of piperazine rings is 1. The van der Waals surface area contributed by atoms with Crippen LogP contribution in [0.15, 0.2) is 72.8 Å². The minimum absolute atomic E-state index is 0.0144. The van der Waals surface area contributed by atoms with E-state index in [1.165, 1.54) is 14.8 Å². The Hall–Kier alpha value is -4.51. The van der Waals surface area contributed by atoms with Gasteiger partial charge in [0.1, 0.15) is 12.2 Å². The Kier molecular flexibility index (Phi) is 7.65. The fourth-order valence-corrected chi connectivity index (χ4v) is 5.20. The normalized spacial score (nSPS) is 19.0. The first-order chi connectivity index (χ1) is 19.2. The van der Waals surface area contributed by atoms with Gasteiger partial charge in [0.05, 0.1) is 13.1 Å². The monoisotopic (exact) mass is 548 g/mol. The number of benzene rings is 3. The van der Waals surface area contributed by atoms with Gasteiger partial charge >= 0.3 is 6.03 Å². The summed E-state index contributed by atoms with van der Waals surface area (Å²) in [5, 5.41) is 4.30. The highest BCUT2D eigenvalue weighted by Crippen LogP contribution is 2.36. The molecule has 3 aromatic carbocycles. The van der Waals surface area contributed by atoms with E-state index in [0.29, 0.717) is 23.4 Å². The summed E-state index contributed by atoms with van der Waals surface area (Å²) in [6.45, 7) is 0.212. The molecule has 0 bridgehead atoms. The second-order valence-electron chi connectivity index (χ2n) is 10.0. The van der Waals surface area contributed by atoms with Crippen molar-refractivity contribution in [3.05, 3.63) is 101 Å². The third-order valence-electron chi connectivity index (χ3n) is 7.10. The van der Waals surface area contributed by atoms with Crippen LogP contribution < -0.4 is 15.6 Å². The third kappa shape index (κ3) is 5.46. The number of carbonyl (C=O) groups excluding carboxylic acids is 3. The summed E-state index contributed by atoms with van der Waals surface area (Å²) in [4.78, 5) is 44.6. The fraction of sp³-hybridized carbons (Fsp3) is 0.276. The zero-order valence-corrected chi connectivity index (χ0v) is 22.2. The predicted molar refractivity (Wildman–Crippen MR) is 144 cm³/mol. The number of carbonyl (C=O) groups is 3. The molecule has 2 aliphatic heterocycles. The van der Waals surface area contributed by atoms with Crippen LogP contribution in [0, 0.1) is 11.6 Å². The summed E-state index contributed by atoms with van der Waals surface area (Å²) < 4.78 is 28.3. The van der Waals surface area contributed by atoms with Crippen molar-refractivity contribution in [1.82, 2.24) is 25.6 Å². The summed E-state index contributed by atoms with van der Waals surface area (Å²) in [5.41, 5.74) is 5.14. The number of hydrazine groups is 1. The lowest BCUT2D eigenvalue weighted by Crippen LogP contribution is -2.62. The number of nitrogens with one attached hydrogen (secondary N) is 2. The molecule has 0 aliphatic carbocycles. The van der Waals surface area contributed by atoms with E-state index in [4.69, 9.17) is 0 Å². The van der Waals surface area contributed by atoms with Crippen LogP contribution in [0.5, 0.6) is 0 Å². The Morgan fingerprint density at radius 3 is 2.30 bits per heavy atom. The van der Waals surface area contributed by atoms with E-state index in [9.17, 15) is 23.2 Å². The lowest BCUT2D eigenvalue weighted by Gasteiger charge is -2.44. The highest BCUT2D eigenvalue weighted by Gasteiger charge is 2.51. The van der Waals surface area contributed by atoms with Gasteiger partial charge in [0.25, 0.3) is 5.91 Å². The Bertz CT molecular complexity index is 1410. The Morgan fingerprint density at radius 2 is 1.62 bits per heavy atom. The number of anilines is 1. The largest absolute Gasteiger partial charge is 0.377 e. The number of hydrogen-bond donors (Lipinski definition) is 2. The van der Waals surface area contributed by atoms with Crippen LogP contribution in [0.1, 0.15) is 22.7 Å². The van der Waals surface area contributed by atoms with Crippen molar-refractivity contribution >= 4 is 23.5 Å². The zero-order valence-electron chi connectivity index (χ0n) is 22.2. The molecular formula is C29H30F2N6O3. The van der Waals surface area contributed by atoms with E-state index in [-0.39, 0.29) is 31.4 Å². The number of urea groups is 1. The molecule has 2 atom stereocenters. The van der Waals surface area contributed by atoms with Gasteiger partial charge in [-0.3, -0.25) is 15.0 Å². The molecule has 2 fully saturated rings. The van der Waals surface area contributed by atoms with Crippen molar-refractivity contribution in [2.45, 2.75) is 25.3 Å². The number of halogens is 2. The second kappa shape index (κ2) is 11.3. The van der Waals surface area contributed by atoms with Crippen LogP contribution >= 0.6 is 0 Å². The predicted octanol–water partition coefficient (Wildman–Crippen LogP) is 3.00. The summed E-state index contributed by atoms with van der Waals surface area (Å²) in [6, 6.07) is 19.1. The van der Waals surface area contributed by atoms with Crippen molar-refractivity contribution < 1.29 is 23.2 Å². The van der Waals surface area contributed by atoms with Gasteiger partial charge < -0.3 is 20.0 Å². The van der Waals surface area contributed by atoms with Crippen molar-refractivity contribution in [3.63, 3.8) is 0 Å². The van der Waals surface area contributed by atoms with Crippen molar-refractivity contribution in [3.8, 4) is 0 Å². The highest BCUT2D eigenvalue weighted by atomic mass is 19.2. The number of amides is 4. The summed E-state index contributed by atoms with van der Waals surface area (Å²) in [5.74, 6) is -2.65. The molecule has 9 nitrogen and oxygen atoms in total. The molecule has 2 saturated heterocycles. The highest BCUT2D eigenvalue weighted by molar-refractivity contribution is 5.92. The Morgan fingerprint density at radius 1 is 0.975 bits per heavy atom. The fourth-order valence-electron chi connectivity index (χ4n) is 5.20. The average Bonchev–Trinajstić information content (AvgIpc) is 3.24. The second-order valence-corrected chi connectivity index (χ2v) is 10.0. The molecule has 3 aromatic rings.